The average Bonchev–Trinajstić information content (AvgIpc) is 2.39. The lowest BCUT2D eigenvalue weighted by atomic mass is 9.82. The van der Waals surface area contributed by atoms with Crippen molar-refractivity contribution < 1.29 is 14.7 Å². The van der Waals surface area contributed by atoms with Crippen LogP contribution in [-0.2, 0) is 4.79 Å². The molecule has 1 aromatic carbocycles. The molecule has 0 aromatic heterocycles. The van der Waals surface area contributed by atoms with E-state index < -0.39 is 11.4 Å². The van der Waals surface area contributed by atoms with E-state index in [1.807, 2.05) is 12.1 Å². The first-order chi connectivity index (χ1) is 8.92. The van der Waals surface area contributed by atoms with Crippen molar-refractivity contribution in [3.8, 4) is 0 Å². The van der Waals surface area contributed by atoms with Crippen molar-refractivity contribution in [2.24, 2.45) is 5.41 Å². The third kappa shape index (κ3) is 2.78. The van der Waals surface area contributed by atoms with Gasteiger partial charge in [-0.2, -0.15) is 0 Å². The van der Waals surface area contributed by atoms with Crippen LogP contribution in [0.4, 0.5) is 5.69 Å². The van der Waals surface area contributed by atoms with E-state index in [1.165, 1.54) is 6.92 Å². The summed E-state index contributed by atoms with van der Waals surface area (Å²) in [5.74, 6) is -0.696. The maximum atomic E-state index is 11.3. The van der Waals surface area contributed by atoms with Crippen molar-refractivity contribution in [2.75, 3.05) is 18.0 Å². The zero-order valence-corrected chi connectivity index (χ0v) is 11.3. The van der Waals surface area contributed by atoms with Gasteiger partial charge >= 0.3 is 5.97 Å². The Hall–Kier alpha value is -1.84. The van der Waals surface area contributed by atoms with Gasteiger partial charge in [-0.05, 0) is 51.0 Å². The highest BCUT2D eigenvalue weighted by molar-refractivity contribution is 5.94. The summed E-state index contributed by atoms with van der Waals surface area (Å²) in [4.78, 5) is 24.6. The normalized spacial score (nSPS) is 23.2. The lowest BCUT2D eigenvalue weighted by molar-refractivity contribution is -0.148. The van der Waals surface area contributed by atoms with E-state index >= 15 is 0 Å². The molecule has 0 saturated carbocycles. The molecule has 0 amide bonds. The number of hydrogen-bond acceptors (Lipinski definition) is 3. The summed E-state index contributed by atoms with van der Waals surface area (Å²) in [6, 6.07) is 7.38. The molecular weight excluding hydrogens is 242 g/mol. The van der Waals surface area contributed by atoms with Gasteiger partial charge in [-0.1, -0.05) is 0 Å². The van der Waals surface area contributed by atoms with Gasteiger partial charge in [0, 0.05) is 24.3 Å². The second-order valence-corrected chi connectivity index (χ2v) is 5.49. The van der Waals surface area contributed by atoms with E-state index in [0.717, 1.165) is 18.7 Å². The summed E-state index contributed by atoms with van der Waals surface area (Å²) in [6.07, 6.45) is 1.58. The van der Waals surface area contributed by atoms with Crippen molar-refractivity contribution in [1.29, 1.82) is 0 Å². The number of benzene rings is 1. The third-order valence-corrected chi connectivity index (χ3v) is 3.85. The average molecular weight is 261 g/mol. The second-order valence-electron chi connectivity index (χ2n) is 5.49. The van der Waals surface area contributed by atoms with Crippen molar-refractivity contribution in [3.63, 3.8) is 0 Å². The maximum Gasteiger partial charge on any atom is 0.311 e. The molecule has 4 nitrogen and oxygen atoms in total. The maximum absolute atomic E-state index is 11.3. The molecule has 1 fully saturated rings. The molecule has 1 aliphatic heterocycles. The summed E-state index contributed by atoms with van der Waals surface area (Å²) in [6.45, 7) is 4.72. The molecule has 0 aliphatic carbocycles. The lowest BCUT2D eigenvalue weighted by Crippen LogP contribution is -2.46. The van der Waals surface area contributed by atoms with Crippen LogP contribution in [0, 0.1) is 5.41 Å². The van der Waals surface area contributed by atoms with Crippen LogP contribution in [0.5, 0.6) is 0 Å². The molecule has 0 radical (unpaired) electrons. The van der Waals surface area contributed by atoms with Gasteiger partial charge in [0.15, 0.2) is 5.78 Å². The number of carbonyl (C=O) groups is 2. The number of carbonyl (C=O) groups excluding carboxylic acids is 1. The molecule has 1 saturated heterocycles. The van der Waals surface area contributed by atoms with Crippen molar-refractivity contribution in [1.82, 2.24) is 0 Å². The van der Waals surface area contributed by atoms with Crippen molar-refractivity contribution >= 4 is 17.4 Å². The van der Waals surface area contributed by atoms with Crippen LogP contribution < -0.4 is 4.90 Å². The number of piperidine rings is 1. The Labute approximate surface area is 113 Å². The Morgan fingerprint density at radius 3 is 2.42 bits per heavy atom. The highest BCUT2D eigenvalue weighted by Gasteiger charge is 2.37. The largest absolute Gasteiger partial charge is 0.481 e. The Morgan fingerprint density at radius 2 is 1.89 bits per heavy atom. The fourth-order valence-corrected chi connectivity index (χ4v) is 2.54. The number of carboxylic acids is 1. The molecule has 4 heteroatoms. The SMILES string of the molecule is CC(=O)c1ccc(N2CCCC(C)(C(=O)O)C2)cc1. The predicted molar refractivity (Wildman–Crippen MR) is 73.6 cm³/mol. The van der Waals surface area contributed by atoms with Crippen LogP contribution in [0.15, 0.2) is 24.3 Å². The lowest BCUT2D eigenvalue weighted by Gasteiger charge is -2.38. The number of Topliss-reactive ketones (excluding diaryl/α,β-unsaturated/α-hetero) is 1. The molecule has 19 heavy (non-hydrogen) atoms. The standard InChI is InChI=1S/C15H19NO3/c1-11(17)12-4-6-13(7-5-12)16-9-3-8-15(2,10-16)14(18)19/h4-7H,3,8-10H2,1-2H3,(H,18,19). The zero-order valence-electron chi connectivity index (χ0n) is 11.3. The summed E-state index contributed by atoms with van der Waals surface area (Å²) in [5, 5.41) is 9.31. The van der Waals surface area contributed by atoms with Crippen LogP contribution in [0.25, 0.3) is 0 Å². The topological polar surface area (TPSA) is 57.6 Å². The highest BCUT2D eigenvalue weighted by Crippen LogP contribution is 2.32. The summed E-state index contributed by atoms with van der Waals surface area (Å²) in [7, 11) is 0. The van der Waals surface area contributed by atoms with E-state index in [2.05, 4.69) is 4.90 Å². The third-order valence-electron chi connectivity index (χ3n) is 3.85. The molecule has 0 spiro atoms. The number of anilines is 1. The number of ketones is 1. The molecule has 1 N–H and O–H groups in total. The number of nitrogens with zero attached hydrogens (tertiary/aromatic N) is 1. The van der Waals surface area contributed by atoms with E-state index in [4.69, 9.17) is 0 Å². The van der Waals surface area contributed by atoms with E-state index in [-0.39, 0.29) is 5.78 Å². The first kappa shape index (κ1) is 13.6. The van der Waals surface area contributed by atoms with Gasteiger partial charge in [-0.15, -0.1) is 0 Å². The first-order valence-electron chi connectivity index (χ1n) is 6.52. The van der Waals surface area contributed by atoms with Gasteiger partial charge in [-0.25, -0.2) is 0 Å². The highest BCUT2D eigenvalue weighted by atomic mass is 16.4. The minimum atomic E-state index is -0.738. The van der Waals surface area contributed by atoms with E-state index in [1.54, 1.807) is 19.1 Å². The first-order valence-corrected chi connectivity index (χ1v) is 6.52. The number of rotatable bonds is 3. The van der Waals surface area contributed by atoms with Gasteiger partial charge in [0.1, 0.15) is 0 Å². The zero-order chi connectivity index (χ0) is 14.0. The quantitative estimate of drug-likeness (QED) is 0.850. The Bertz CT molecular complexity index is 495. The molecule has 0 bridgehead atoms. The van der Waals surface area contributed by atoms with Crippen LogP contribution >= 0.6 is 0 Å². The molecular formula is C15H19NO3. The van der Waals surface area contributed by atoms with Gasteiger partial charge in [0.25, 0.3) is 0 Å². The predicted octanol–water partition coefficient (Wildman–Crippen LogP) is 2.58. The Morgan fingerprint density at radius 1 is 1.26 bits per heavy atom. The molecule has 1 atom stereocenters. The summed E-state index contributed by atoms with van der Waals surface area (Å²) >= 11 is 0. The monoisotopic (exact) mass is 261 g/mol. The molecule has 2 rings (SSSR count). The molecule has 1 aliphatic rings. The van der Waals surface area contributed by atoms with E-state index in [9.17, 15) is 14.7 Å². The fourth-order valence-electron chi connectivity index (χ4n) is 2.54. The van der Waals surface area contributed by atoms with E-state index in [0.29, 0.717) is 18.5 Å². The van der Waals surface area contributed by atoms with Crippen LogP contribution in [0.1, 0.15) is 37.0 Å². The van der Waals surface area contributed by atoms with Crippen molar-refractivity contribution in [2.45, 2.75) is 26.7 Å². The Balaban J connectivity index is 2.17. The number of aliphatic carboxylic acids is 1. The molecule has 1 heterocycles. The number of hydrogen-bond donors (Lipinski definition) is 1. The van der Waals surface area contributed by atoms with Crippen LogP contribution in [0.3, 0.4) is 0 Å². The Kier molecular flexibility index (Phi) is 3.60. The van der Waals surface area contributed by atoms with Gasteiger partial charge in [-0.3, -0.25) is 9.59 Å². The van der Waals surface area contributed by atoms with Crippen LogP contribution in [0.2, 0.25) is 0 Å². The fraction of sp³-hybridized carbons (Fsp3) is 0.467. The number of carboxylic acid groups (broad SMARTS) is 1. The van der Waals surface area contributed by atoms with Crippen LogP contribution in [-0.4, -0.2) is 29.9 Å². The van der Waals surface area contributed by atoms with Gasteiger partial charge in [0.2, 0.25) is 0 Å². The summed E-state index contributed by atoms with van der Waals surface area (Å²) in [5.41, 5.74) is 0.983. The van der Waals surface area contributed by atoms with Crippen molar-refractivity contribution in [3.05, 3.63) is 29.8 Å². The minimum absolute atomic E-state index is 0.0422. The molecule has 1 aromatic rings. The van der Waals surface area contributed by atoms with Gasteiger partial charge < -0.3 is 10.0 Å². The molecule has 1 unspecified atom stereocenters. The second kappa shape index (κ2) is 5.03. The minimum Gasteiger partial charge on any atom is -0.481 e. The molecule has 102 valence electrons. The van der Waals surface area contributed by atoms with Gasteiger partial charge in [0.05, 0.1) is 5.41 Å². The summed E-state index contributed by atoms with van der Waals surface area (Å²) < 4.78 is 0. The smallest absolute Gasteiger partial charge is 0.311 e.